The zero-order valence-electron chi connectivity index (χ0n) is 16.3. The SMILES string of the molecule is CCCC(=O)NC(CC)[C@H](CC)[Se]C1C(=O)C2(C)CCC1C2(C)C. The van der Waals surface area contributed by atoms with Crippen LogP contribution in [0.4, 0.5) is 0 Å². The van der Waals surface area contributed by atoms with Gasteiger partial charge in [0.2, 0.25) is 0 Å². The predicted octanol–water partition coefficient (Wildman–Crippen LogP) is 4.40. The van der Waals surface area contributed by atoms with Gasteiger partial charge in [-0.25, -0.2) is 0 Å². The molecule has 4 heteroatoms. The van der Waals surface area contributed by atoms with E-state index >= 15 is 0 Å². The molecule has 0 aromatic heterocycles. The number of rotatable bonds is 8. The van der Waals surface area contributed by atoms with Gasteiger partial charge in [-0.2, -0.15) is 0 Å². The Labute approximate surface area is 154 Å². The van der Waals surface area contributed by atoms with Crippen LogP contribution < -0.4 is 5.32 Å². The molecule has 3 nitrogen and oxygen atoms in total. The molecular formula is C20H35NO2Se. The summed E-state index contributed by atoms with van der Waals surface area (Å²) in [5.74, 6) is 1.25. The minimum atomic E-state index is -0.116. The Morgan fingerprint density at radius 2 is 1.92 bits per heavy atom. The number of fused-ring (bicyclic) bond motifs is 2. The summed E-state index contributed by atoms with van der Waals surface area (Å²) >= 11 is 0.270. The number of hydrogen-bond donors (Lipinski definition) is 1. The second kappa shape index (κ2) is 7.50. The summed E-state index contributed by atoms with van der Waals surface area (Å²) in [7, 11) is 0. The van der Waals surface area contributed by atoms with Crippen LogP contribution in [0.2, 0.25) is 9.63 Å². The first kappa shape index (κ1) is 20.0. The van der Waals surface area contributed by atoms with Gasteiger partial charge in [0, 0.05) is 0 Å². The van der Waals surface area contributed by atoms with Gasteiger partial charge in [0.25, 0.3) is 0 Å². The molecule has 0 spiro atoms. The van der Waals surface area contributed by atoms with Crippen molar-refractivity contribution in [3.63, 3.8) is 0 Å². The molecule has 0 heterocycles. The Bertz CT molecular complexity index is 490. The van der Waals surface area contributed by atoms with Crippen molar-refractivity contribution in [3.05, 3.63) is 0 Å². The molecule has 0 saturated heterocycles. The third kappa shape index (κ3) is 3.21. The third-order valence-corrected chi connectivity index (χ3v) is 10.8. The number of Topliss-reactive ketones (excluding diaryl/α,β-unsaturated/α-hetero) is 1. The number of carbonyl (C=O) groups excluding carboxylic acids is 2. The van der Waals surface area contributed by atoms with Crippen molar-refractivity contribution in [3.8, 4) is 0 Å². The topological polar surface area (TPSA) is 46.2 Å². The van der Waals surface area contributed by atoms with Gasteiger partial charge in [-0.3, -0.25) is 0 Å². The maximum atomic E-state index is 13.1. The molecule has 138 valence electrons. The molecule has 4 unspecified atom stereocenters. The normalized spacial score (nSPS) is 33.5. The summed E-state index contributed by atoms with van der Waals surface area (Å²) in [4.78, 5) is 25.9. The molecule has 0 aromatic carbocycles. The van der Waals surface area contributed by atoms with Gasteiger partial charge in [0.05, 0.1) is 0 Å². The van der Waals surface area contributed by atoms with Crippen molar-refractivity contribution < 1.29 is 9.59 Å². The number of carbonyl (C=O) groups is 2. The van der Waals surface area contributed by atoms with Crippen molar-refractivity contribution in [2.45, 2.75) is 95.7 Å². The van der Waals surface area contributed by atoms with Crippen LogP contribution in [0.5, 0.6) is 0 Å². The second-order valence-electron chi connectivity index (χ2n) is 8.40. The molecule has 2 saturated carbocycles. The molecule has 24 heavy (non-hydrogen) atoms. The van der Waals surface area contributed by atoms with Crippen molar-refractivity contribution in [1.29, 1.82) is 0 Å². The minimum absolute atomic E-state index is 0.116. The second-order valence-corrected chi connectivity index (χ2v) is 11.3. The Morgan fingerprint density at radius 3 is 2.38 bits per heavy atom. The van der Waals surface area contributed by atoms with Crippen LogP contribution in [0.15, 0.2) is 0 Å². The Hall–Kier alpha value is -0.341. The standard InChI is InChI=1S/C20H35NO2Se/c1-7-10-16(22)21-14(8-2)15(9-3)24-17-13-11-12-20(6,18(17)23)19(13,4)5/h13-15,17H,7-12H2,1-6H3,(H,21,22)/t13?,14?,15-,17?,20?/m0/s1. The number of ketones is 1. The molecule has 2 aliphatic carbocycles. The van der Waals surface area contributed by atoms with Crippen LogP contribution in [0.25, 0.3) is 0 Å². The fourth-order valence-corrected chi connectivity index (χ4v) is 9.13. The van der Waals surface area contributed by atoms with E-state index in [4.69, 9.17) is 0 Å². The van der Waals surface area contributed by atoms with Gasteiger partial charge in [-0.15, -0.1) is 0 Å². The van der Waals surface area contributed by atoms with E-state index in [9.17, 15) is 9.59 Å². The van der Waals surface area contributed by atoms with Crippen molar-refractivity contribution in [1.82, 2.24) is 5.32 Å². The first-order valence-corrected chi connectivity index (χ1v) is 11.7. The van der Waals surface area contributed by atoms with Crippen molar-refractivity contribution in [2.75, 3.05) is 0 Å². The maximum absolute atomic E-state index is 13.1. The molecule has 0 aromatic rings. The molecular weight excluding hydrogens is 365 g/mol. The average molecular weight is 400 g/mol. The van der Waals surface area contributed by atoms with Crippen LogP contribution >= 0.6 is 0 Å². The molecule has 0 aliphatic heterocycles. The van der Waals surface area contributed by atoms with Crippen LogP contribution in [-0.4, -0.2) is 32.7 Å². The number of nitrogens with one attached hydrogen (secondary N) is 1. The third-order valence-electron chi connectivity index (χ3n) is 6.91. The molecule has 5 atom stereocenters. The van der Waals surface area contributed by atoms with Gasteiger partial charge >= 0.3 is 154 Å². The Morgan fingerprint density at radius 1 is 1.25 bits per heavy atom. The van der Waals surface area contributed by atoms with Gasteiger partial charge in [-0.05, 0) is 0 Å². The number of amides is 1. The molecule has 2 aliphatic rings. The fourth-order valence-electron chi connectivity index (χ4n) is 4.79. The van der Waals surface area contributed by atoms with E-state index in [1.807, 2.05) is 6.92 Å². The van der Waals surface area contributed by atoms with Crippen molar-refractivity contribution in [2.24, 2.45) is 16.7 Å². The van der Waals surface area contributed by atoms with E-state index < -0.39 is 0 Å². The van der Waals surface area contributed by atoms with E-state index in [1.165, 1.54) is 6.42 Å². The van der Waals surface area contributed by atoms with Crippen LogP contribution in [-0.2, 0) is 9.59 Å². The number of hydrogen-bond acceptors (Lipinski definition) is 2. The Balaban J connectivity index is 2.10. The fraction of sp³-hybridized carbons (Fsp3) is 0.900. The van der Waals surface area contributed by atoms with E-state index in [2.05, 4.69) is 39.9 Å². The van der Waals surface area contributed by atoms with Gasteiger partial charge in [0.15, 0.2) is 0 Å². The predicted molar refractivity (Wildman–Crippen MR) is 100 cm³/mol. The summed E-state index contributed by atoms with van der Waals surface area (Å²) in [6, 6.07) is 0.233. The zero-order valence-corrected chi connectivity index (χ0v) is 18.0. The summed E-state index contributed by atoms with van der Waals surface area (Å²) in [5, 5.41) is 3.25. The first-order chi connectivity index (χ1) is 11.2. The van der Waals surface area contributed by atoms with Crippen LogP contribution in [0.1, 0.15) is 80.1 Å². The molecule has 2 bridgehead atoms. The van der Waals surface area contributed by atoms with E-state index in [-0.39, 0.29) is 42.6 Å². The van der Waals surface area contributed by atoms with Crippen molar-refractivity contribution >= 4 is 26.6 Å². The molecule has 2 fully saturated rings. The Kier molecular flexibility index (Phi) is 6.24. The summed E-state index contributed by atoms with van der Waals surface area (Å²) < 4.78 is 0. The monoisotopic (exact) mass is 401 g/mol. The summed E-state index contributed by atoms with van der Waals surface area (Å²) in [6.07, 6.45) is 5.78. The van der Waals surface area contributed by atoms with E-state index in [1.54, 1.807) is 0 Å². The molecule has 1 amide bonds. The molecule has 1 N–H and O–H groups in total. The van der Waals surface area contributed by atoms with Crippen LogP contribution in [0.3, 0.4) is 0 Å². The van der Waals surface area contributed by atoms with Gasteiger partial charge < -0.3 is 0 Å². The molecule has 2 rings (SSSR count). The molecule has 0 radical (unpaired) electrons. The first-order valence-electron chi connectivity index (χ1n) is 9.72. The zero-order chi connectivity index (χ0) is 18.1. The average Bonchev–Trinajstić information content (AvgIpc) is 2.84. The quantitative estimate of drug-likeness (QED) is 0.614. The summed E-state index contributed by atoms with van der Waals surface area (Å²) in [5.41, 5.74) is 0.0253. The van der Waals surface area contributed by atoms with E-state index in [0.717, 1.165) is 25.7 Å². The van der Waals surface area contributed by atoms with E-state index in [0.29, 0.717) is 22.9 Å². The summed E-state index contributed by atoms with van der Waals surface area (Å²) in [6.45, 7) is 13.2. The van der Waals surface area contributed by atoms with Gasteiger partial charge in [0.1, 0.15) is 0 Å². The van der Waals surface area contributed by atoms with Gasteiger partial charge in [-0.1, -0.05) is 0 Å². The van der Waals surface area contributed by atoms with Crippen LogP contribution in [0, 0.1) is 16.7 Å².